The van der Waals surface area contributed by atoms with Gasteiger partial charge in [-0.1, -0.05) is 18.2 Å². The molecular formula is C18H15N3O5. The number of carbonyl (C=O) groups is 1. The summed E-state index contributed by atoms with van der Waals surface area (Å²) in [6.45, 7) is 1.93. The Kier molecular flexibility index (Phi) is 4.93. The topological polar surface area (TPSA) is 103 Å². The second kappa shape index (κ2) is 7.47. The van der Waals surface area contributed by atoms with Gasteiger partial charge in [0.05, 0.1) is 10.6 Å². The van der Waals surface area contributed by atoms with Crippen molar-refractivity contribution < 1.29 is 19.2 Å². The average molecular weight is 353 g/mol. The van der Waals surface area contributed by atoms with Crippen molar-refractivity contribution in [3.8, 4) is 11.5 Å². The Balaban J connectivity index is 1.63. The molecule has 0 bridgehead atoms. The van der Waals surface area contributed by atoms with Crippen molar-refractivity contribution in [3.05, 3.63) is 69.8 Å². The predicted octanol–water partition coefficient (Wildman–Crippen LogP) is 3.14. The summed E-state index contributed by atoms with van der Waals surface area (Å²) in [5.41, 5.74) is 3.84. The molecule has 1 amide bonds. The van der Waals surface area contributed by atoms with Crippen LogP contribution in [-0.4, -0.2) is 23.3 Å². The number of nitro benzene ring substituents is 1. The van der Waals surface area contributed by atoms with Crippen LogP contribution in [0, 0.1) is 10.1 Å². The number of hydrogen-bond acceptors (Lipinski definition) is 6. The van der Waals surface area contributed by atoms with Crippen LogP contribution in [0.2, 0.25) is 0 Å². The van der Waals surface area contributed by atoms with Crippen molar-refractivity contribution in [2.24, 2.45) is 5.10 Å². The van der Waals surface area contributed by atoms with E-state index in [4.69, 9.17) is 9.47 Å². The Morgan fingerprint density at radius 3 is 2.85 bits per heavy atom. The van der Waals surface area contributed by atoms with Crippen LogP contribution in [-0.2, 0) is 0 Å². The van der Waals surface area contributed by atoms with Gasteiger partial charge >= 0.3 is 0 Å². The maximum absolute atomic E-state index is 12.0. The van der Waals surface area contributed by atoms with E-state index in [1.54, 1.807) is 13.0 Å². The molecule has 0 aromatic heterocycles. The first-order valence-electron chi connectivity index (χ1n) is 7.70. The van der Waals surface area contributed by atoms with E-state index < -0.39 is 10.8 Å². The van der Waals surface area contributed by atoms with E-state index in [0.717, 1.165) is 5.56 Å². The molecule has 8 heteroatoms. The Hall–Kier alpha value is -3.68. The summed E-state index contributed by atoms with van der Waals surface area (Å²) in [6, 6.07) is 11.0. The lowest BCUT2D eigenvalue weighted by Gasteiger charge is -2.01. The molecule has 1 heterocycles. The van der Waals surface area contributed by atoms with Gasteiger partial charge in [0.2, 0.25) is 6.79 Å². The van der Waals surface area contributed by atoms with E-state index in [-0.39, 0.29) is 18.0 Å². The standard InChI is InChI=1S/C18H15N3O5/c1-12(5-6-13-7-8-16-17(9-13)26-11-25-16)19-20-18(22)14-3-2-4-15(10-14)21(23)24/h2-10H,11H2,1H3,(H,20,22). The number of nitro groups is 1. The number of hydrogen-bond donors (Lipinski definition) is 1. The molecule has 0 unspecified atom stereocenters. The number of rotatable bonds is 5. The fourth-order valence-electron chi connectivity index (χ4n) is 2.24. The SMILES string of the molecule is CC(C=Cc1ccc2c(c1)OCO2)=NNC(=O)c1cccc([N+](=O)[O-])c1. The third kappa shape index (κ3) is 4.04. The fourth-order valence-corrected chi connectivity index (χ4v) is 2.24. The van der Waals surface area contributed by atoms with E-state index in [9.17, 15) is 14.9 Å². The van der Waals surface area contributed by atoms with Crippen LogP contribution in [0.5, 0.6) is 11.5 Å². The van der Waals surface area contributed by atoms with Gasteiger partial charge in [0.1, 0.15) is 0 Å². The molecule has 0 aliphatic carbocycles. The summed E-state index contributed by atoms with van der Waals surface area (Å²) in [4.78, 5) is 22.2. The number of hydrazone groups is 1. The average Bonchev–Trinajstić information content (AvgIpc) is 3.12. The maximum Gasteiger partial charge on any atom is 0.271 e. The molecule has 2 aromatic carbocycles. The minimum atomic E-state index is -0.556. The number of non-ortho nitro benzene ring substituents is 1. The van der Waals surface area contributed by atoms with Gasteiger partial charge < -0.3 is 9.47 Å². The lowest BCUT2D eigenvalue weighted by molar-refractivity contribution is -0.384. The fraction of sp³-hybridized carbons (Fsp3) is 0.111. The highest BCUT2D eigenvalue weighted by molar-refractivity contribution is 5.99. The minimum Gasteiger partial charge on any atom is -0.454 e. The number of allylic oxidation sites excluding steroid dienone is 1. The smallest absolute Gasteiger partial charge is 0.271 e. The molecule has 3 rings (SSSR count). The Morgan fingerprint density at radius 1 is 1.23 bits per heavy atom. The van der Waals surface area contributed by atoms with Crippen molar-refractivity contribution in [3.63, 3.8) is 0 Å². The van der Waals surface area contributed by atoms with Crippen molar-refractivity contribution >= 4 is 23.4 Å². The molecule has 132 valence electrons. The van der Waals surface area contributed by atoms with Gasteiger partial charge in [-0.15, -0.1) is 0 Å². The van der Waals surface area contributed by atoms with Gasteiger partial charge in [-0.3, -0.25) is 14.9 Å². The van der Waals surface area contributed by atoms with E-state index in [1.165, 1.54) is 24.3 Å². The molecule has 0 saturated heterocycles. The van der Waals surface area contributed by atoms with Crippen molar-refractivity contribution in [2.75, 3.05) is 6.79 Å². The molecule has 0 saturated carbocycles. The van der Waals surface area contributed by atoms with Crippen LogP contribution in [0.15, 0.2) is 53.6 Å². The van der Waals surface area contributed by atoms with Crippen LogP contribution in [0.3, 0.4) is 0 Å². The molecular weight excluding hydrogens is 338 g/mol. The minimum absolute atomic E-state index is 0.152. The van der Waals surface area contributed by atoms with E-state index in [2.05, 4.69) is 10.5 Å². The van der Waals surface area contributed by atoms with Crippen LogP contribution < -0.4 is 14.9 Å². The van der Waals surface area contributed by atoms with Gasteiger partial charge in [-0.2, -0.15) is 5.10 Å². The van der Waals surface area contributed by atoms with Crippen molar-refractivity contribution in [1.82, 2.24) is 5.43 Å². The first kappa shape index (κ1) is 17.2. The summed E-state index contributed by atoms with van der Waals surface area (Å²) in [5.74, 6) is 0.863. The van der Waals surface area contributed by atoms with Gasteiger partial charge in [0, 0.05) is 17.7 Å². The molecule has 0 fully saturated rings. The van der Waals surface area contributed by atoms with Crippen LogP contribution in [0.25, 0.3) is 6.08 Å². The third-order valence-electron chi connectivity index (χ3n) is 3.57. The molecule has 8 nitrogen and oxygen atoms in total. The quantitative estimate of drug-likeness (QED) is 0.505. The summed E-state index contributed by atoms with van der Waals surface area (Å²) in [6.07, 6.45) is 3.55. The highest BCUT2D eigenvalue weighted by Crippen LogP contribution is 2.32. The number of amides is 1. The molecule has 1 N–H and O–H groups in total. The second-order valence-electron chi connectivity index (χ2n) is 5.45. The van der Waals surface area contributed by atoms with Crippen LogP contribution >= 0.6 is 0 Å². The molecule has 0 atom stereocenters. The van der Waals surface area contributed by atoms with Crippen LogP contribution in [0.1, 0.15) is 22.8 Å². The number of nitrogens with zero attached hydrogens (tertiary/aromatic N) is 2. The lowest BCUT2D eigenvalue weighted by atomic mass is 10.2. The number of fused-ring (bicyclic) bond motifs is 1. The highest BCUT2D eigenvalue weighted by atomic mass is 16.7. The molecule has 2 aromatic rings. The van der Waals surface area contributed by atoms with Gasteiger partial charge in [0.25, 0.3) is 11.6 Å². The van der Waals surface area contributed by atoms with E-state index >= 15 is 0 Å². The zero-order chi connectivity index (χ0) is 18.5. The van der Waals surface area contributed by atoms with Crippen LogP contribution in [0.4, 0.5) is 5.69 Å². The Morgan fingerprint density at radius 2 is 2.04 bits per heavy atom. The predicted molar refractivity (Wildman–Crippen MR) is 95.3 cm³/mol. The molecule has 26 heavy (non-hydrogen) atoms. The van der Waals surface area contributed by atoms with Gasteiger partial charge in [-0.05, 0) is 36.8 Å². The first-order valence-corrected chi connectivity index (χ1v) is 7.70. The maximum atomic E-state index is 12.0. The van der Waals surface area contributed by atoms with Crippen molar-refractivity contribution in [2.45, 2.75) is 6.92 Å². The Labute approximate surface area is 148 Å². The molecule has 1 aliphatic heterocycles. The largest absolute Gasteiger partial charge is 0.454 e. The second-order valence-corrected chi connectivity index (χ2v) is 5.45. The number of carbonyl (C=O) groups excluding carboxylic acids is 1. The Bertz CT molecular complexity index is 921. The summed E-state index contributed by atoms with van der Waals surface area (Å²) in [5, 5.41) is 14.7. The number of nitrogens with one attached hydrogen (secondary N) is 1. The highest BCUT2D eigenvalue weighted by Gasteiger charge is 2.12. The molecule has 1 aliphatic rings. The van der Waals surface area contributed by atoms with E-state index in [1.807, 2.05) is 24.3 Å². The monoisotopic (exact) mass is 353 g/mol. The lowest BCUT2D eigenvalue weighted by Crippen LogP contribution is -2.18. The van der Waals surface area contributed by atoms with Gasteiger partial charge in [0.15, 0.2) is 11.5 Å². The zero-order valence-corrected chi connectivity index (χ0v) is 13.8. The molecule has 0 spiro atoms. The first-order chi connectivity index (χ1) is 12.5. The van der Waals surface area contributed by atoms with Crippen molar-refractivity contribution in [1.29, 1.82) is 0 Å². The van der Waals surface area contributed by atoms with Gasteiger partial charge in [-0.25, -0.2) is 5.43 Å². The third-order valence-corrected chi connectivity index (χ3v) is 3.57. The zero-order valence-electron chi connectivity index (χ0n) is 13.8. The summed E-state index contributed by atoms with van der Waals surface area (Å²) >= 11 is 0. The normalized spacial score (nSPS) is 13.0. The van der Waals surface area contributed by atoms with E-state index in [0.29, 0.717) is 17.2 Å². The summed E-state index contributed by atoms with van der Waals surface area (Å²) < 4.78 is 10.6. The summed E-state index contributed by atoms with van der Waals surface area (Å²) in [7, 11) is 0. The number of benzene rings is 2. The number of ether oxygens (including phenoxy) is 2. The molecule has 0 radical (unpaired) electrons.